The molecular formula is C25H33N5O. The van der Waals surface area contributed by atoms with E-state index in [0.717, 1.165) is 49.6 Å². The number of carbonyl (C=O) groups excluding carboxylic acids is 1. The van der Waals surface area contributed by atoms with Crippen molar-refractivity contribution in [3.8, 4) is 0 Å². The molecule has 1 aromatic rings. The summed E-state index contributed by atoms with van der Waals surface area (Å²) in [5.74, 6) is 2.68. The van der Waals surface area contributed by atoms with Gasteiger partial charge in [-0.05, 0) is 37.2 Å². The number of nitrogens with one attached hydrogen (secondary N) is 2. The number of amidine groups is 1. The van der Waals surface area contributed by atoms with E-state index < -0.39 is 0 Å². The van der Waals surface area contributed by atoms with E-state index in [1.165, 1.54) is 0 Å². The highest BCUT2D eigenvalue weighted by atomic mass is 16.1. The number of aliphatic imine (C=N–C) groups is 2. The number of nitrogens with zero attached hydrogens (tertiary/aromatic N) is 3. The van der Waals surface area contributed by atoms with Crippen molar-refractivity contribution < 1.29 is 4.79 Å². The lowest BCUT2D eigenvalue weighted by atomic mass is 9.86. The predicted octanol–water partition coefficient (Wildman–Crippen LogP) is 2.93. The summed E-state index contributed by atoms with van der Waals surface area (Å²) >= 11 is 0. The molecule has 1 aliphatic heterocycles. The maximum Gasteiger partial charge on any atom is 0.224 e. The van der Waals surface area contributed by atoms with Crippen LogP contribution < -0.4 is 10.6 Å². The molecular weight excluding hydrogens is 386 g/mol. The van der Waals surface area contributed by atoms with Crippen LogP contribution in [0.25, 0.3) is 0 Å². The molecule has 31 heavy (non-hydrogen) atoms. The molecule has 1 saturated carbocycles. The van der Waals surface area contributed by atoms with Crippen LogP contribution in [0.1, 0.15) is 31.2 Å². The number of allylic oxidation sites excluding steroid dienone is 2. The van der Waals surface area contributed by atoms with Crippen molar-refractivity contribution in [1.82, 2.24) is 15.5 Å². The summed E-state index contributed by atoms with van der Waals surface area (Å²) in [5, 5.41) is 6.71. The standard InChI is InChI=1S/C25H33N5O/c1-30(2)24-21-10-6-7-11-22(21)28-25(29-24)27-20-14-12-19(13-15-20)17-26-23(31)16-18-8-4-3-5-9-18/h3-11,19-22H,12-17H2,1-2H3,(H,26,31)(H,27,28)/t19-,20+,21?,22?. The fourth-order valence-corrected chi connectivity index (χ4v) is 4.57. The molecule has 1 aromatic carbocycles. The monoisotopic (exact) mass is 419 g/mol. The third-order valence-electron chi connectivity index (χ3n) is 6.33. The van der Waals surface area contributed by atoms with Crippen LogP contribution in [0.2, 0.25) is 0 Å². The van der Waals surface area contributed by atoms with Crippen molar-refractivity contribution >= 4 is 17.7 Å². The molecule has 3 aliphatic rings. The maximum absolute atomic E-state index is 12.2. The number of rotatable bonds is 5. The summed E-state index contributed by atoms with van der Waals surface area (Å²) in [7, 11) is 4.09. The quantitative estimate of drug-likeness (QED) is 0.771. The van der Waals surface area contributed by atoms with Gasteiger partial charge in [-0.25, -0.2) is 4.99 Å². The van der Waals surface area contributed by atoms with E-state index in [2.05, 4.69) is 39.8 Å². The van der Waals surface area contributed by atoms with E-state index in [1.807, 2.05) is 44.4 Å². The van der Waals surface area contributed by atoms with Gasteiger partial charge in [-0.3, -0.25) is 4.79 Å². The molecule has 0 radical (unpaired) electrons. The smallest absolute Gasteiger partial charge is 0.224 e. The highest BCUT2D eigenvalue weighted by molar-refractivity contribution is 6.00. The summed E-state index contributed by atoms with van der Waals surface area (Å²) in [6, 6.07) is 10.4. The Hall–Kier alpha value is -2.89. The molecule has 1 heterocycles. The molecule has 6 nitrogen and oxygen atoms in total. The molecule has 2 atom stereocenters. The van der Waals surface area contributed by atoms with Crippen LogP contribution in [0.3, 0.4) is 0 Å². The first kappa shape index (κ1) is 21.3. The second kappa shape index (κ2) is 9.94. The molecule has 0 bridgehead atoms. The minimum atomic E-state index is 0.109. The van der Waals surface area contributed by atoms with E-state index in [0.29, 0.717) is 18.4 Å². The summed E-state index contributed by atoms with van der Waals surface area (Å²) in [6.45, 7) is 0.767. The number of hydrogen-bond donors (Lipinski definition) is 2. The number of amides is 1. The highest BCUT2D eigenvalue weighted by Crippen LogP contribution is 2.26. The Morgan fingerprint density at radius 1 is 1.06 bits per heavy atom. The highest BCUT2D eigenvalue weighted by Gasteiger charge is 2.30. The van der Waals surface area contributed by atoms with Gasteiger partial charge in [0.2, 0.25) is 11.9 Å². The van der Waals surface area contributed by atoms with E-state index in [1.54, 1.807) is 0 Å². The largest absolute Gasteiger partial charge is 0.365 e. The molecule has 6 heteroatoms. The molecule has 0 saturated heterocycles. The van der Waals surface area contributed by atoms with Gasteiger partial charge in [0, 0.05) is 26.7 Å². The number of carbonyl (C=O) groups is 1. The van der Waals surface area contributed by atoms with Crippen molar-refractivity contribution in [1.29, 1.82) is 0 Å². The molecule has 2 unspecified atom stereocenters. The molecule has 1 fully saturated rings. The van der Waals surface area contributed by atoms with Gasteiger partial charge in [-0.1, -0.05) is 54.6 Å². The molecule has 164 valence electrons. The summed E-state index contributed by atoms with van der Waals surface area (Å²) < 4.78 is 0. The Morgan fingerprint density at radius 3 is 2.55 bits per heavy atom. The molecule has 1 amide bonds. The third kappa shape index (κ3) is 5.63. The first-order valence-corrected chi connectivity index (χ1v) is 11.3. The lowest BCUT2D eigenvalue weighted by molar-refractivity contribution is -0.120. The van der Waals surface area contributed by atoms with Crippen LogP contribution in [-0.4, -0.2) is 55.3 Å². The van der Waals surface area contributed by atoms with Gasteiger partial charge in [-0.2, -0.15) is 4.99 Å². The second-order valence-electron chi connectivity index (χ2n) is 8.93. The van der Waals surface area contributed by atoms with E-state index >= 15 is 0 Å². The second-order valence-corrected chi connectivity index (χ2v) is 8.93. The minimum Gasteiger partial charge on any atom is -0.365 e. The number of hydrogen-bond acceptors (Lipinski definition) is 5. The van der Waals surface area contributed by atoms with E-state index in [4.69, 9.17) is 9.98 Å². The number of fused-ring (bicyclic) bond motifs is 1. The zero-order valence-electron chi connectivity index (χ0n) is 18.5. The van der Waals surface area contributed by atoms with Gasteiger partial charge < -0.3 is 15.5 Å². The van der Waals surface area contributed by atoms with Crippen LogP contribution in [0.15, 0.2) is 64.6 Å². The van der Waals surface area contributed by atoms with E-state index in [-0.39, 0.29) is 17.9 Å². The maximum atomic E-state index is 12.2. The normalized spacial score (nSPS) is 27.0. The fraction of sp³-hybridized carbons (Fsp3) is 0.480. The molecule has 2 aliphatic carbocycles. The fourth-order valence-electron chi connectivity index (χ4n) is 4.57. The topological polar surface area (TPSA) is 69.1 Å². The summed E-state index contributed by atoms with van der Waals surface area (Å²) in [6.07, 6.45) is 13.3. The number of benzene rings is 1. The van der Waals surface area contributed by atoms with Gasteiger partial charge in [0.15, 0.2) is 0 Å². The van der Waals surface area contributed by atoms with Gasteiger partial charge in [0.05, 0.1) is 18.4 Å². The Labute approximate surface area is 185 Å². The Kier molecular flexibility index (Phi) is 6.85. The first-order valence-electron chi connectivity index (χ1n) is 11.3. The van der Waals surface area contributed by atoms with Crippen molar-refractivity contribution in [3.63, 3.8) is 0 Å². The van der Waals surface area contributed by atoms with Gasteiger partial charge >= 0.3 is 0 Å². The van der Waals surface area contributed by atoms with Gasteiger partial charge in [0.25, 0.3) is 0 Å². The lowest BCUT2D eigenvalue weighted by Gasteiger charge is -2.33. The predicted molar refractivity (Wildman–Crippen MR) is 126 cm³/mol. The van der Waals surface area contributed by atoms with Crippen molar-refractivity contribution in [2.75, 3.05) is 20.6 Å². The zero-order chi connectivity index (χ0) is 21.6. The van der Waals surface area contributed by atoms with E-state index in [9.17, 15) is 4.79 Å². The van der Waals surface area contributed by atoms with Crippen molar-refractivity contribution in [3.05, 3.63) is 60.2 Å². The van der Waals surface area contributed by atoms with Gasteiger partial charge in [0.1, 0.15) is 5.84 Å². The van der Waals surface area contributed by atoms with Crippen LogP contribution in [0, 0.1) is 11.8 Å². The Morgan fingerprint density at radius 2 is 1.81 bits per heavy atom. The summed E-state index contributed by atoms with van der Waals surface area (Å²) in [4.78, 5) is 24.0. The average Bonchev–Trinajstić information content (AvgIpc) is 2.78. The Bertz CT molecular complexity index is 878. The summed E-state index contributed by atoms with van der Waals surface area (Å²) in [5.41, 5.74) is 1.06. The van der Waals surface area contributed by atoms with Crippen LogP contribution in [0.4, 0.5) is 0 Å². The third-order valence-corrected chi connectivity index (χ3v) is 6.33. The first-order chi connectivity index (χ1) is 15.1. The van der Waals surface area contributed by atoms with Crippen LogP contribution >= 0.6 is 0 Å². The van der Waals surface area contributed by atoms with Crippen LogP contribution in [-0.2, 0) is 11.2 Å². The molecule has 2 N–H and O–H groups in total. The molecule has 0 aromatic heterocycles. The Balaban J connectivity index is 1.24. The van der Waals surface area contributed by atoms with Crippen molar-refractivity contribution in [2.45, 2.75) is 44.2 Å². The molecule has 4 rings (SSSR count). The van der Waals surface area contributed by atoms with Crippen molar-refractivity contribution in [2.24, 2.45) is 21.8 Å². The lowest BCUT2D eigenvalue weighted by Crippen LogP contribution is -2.45. The SMILES string of the molecule is CN(C)C1=NC(N[C@H]2CC[C@@H](CNC(=O)Cc3ccccc3)CC2)=NC2C=CC=CC12. The average molecular weight is 420 g/mol. The number of guanidine groups is 1. The minimum absolute atomic E-state index is 0.109. The van der Waals surface area contributed by atoms with Crippen LogP contribution in [0.5, 0.6) is 0 Å². The molecule has 0 spiro atoms. The zero-order valence-corrected chi connectivity index (χ0v) is 18.5. The van der Waals surface area contributed by atoms with Gasteiger partial charge in [-0.15, -0.1) is 0 Å².